The van der Waals surface area contributed by atoms with Crippen molar-refractivity contribution in [1.29, 1.82) is 0 Å². The van der Waals surface area contributed by atoms with E-state index in [0.29, 0.717) is 0 Å². The normalized spacial score (nSPS) is 14.8. The van der Waals surface area contributed by atoms with Gasteiger partial charge >= 0.3 is 0 Å². The van der Waals surface area contributed by atoms with Crippen molar-refractivity contribution in [2.75, 3.05) is 33.2 Å². The molecule has 0 aromatic rings. The van der Waals surface area contributed by atoms with Crippen LogP contribution in [0.1, 0.15) is 95.9 Å². The fraction of sp³-hybridized carbons (Fsp3) is 1.00. The predicted molar refractivity (Wildman–Crippen MR) is 119 cm³/mol. The molecule has 0 rings (SSSR count). The van der Waals surface area contributed by atoms with Gasteiger partial charge in [-0.3, -0.25) is 9.80 Å². The first-order valence-corrected chi connectivity index (χ1v) is 10.6. The number of hydrogen-bond donors (Lipinski definition) is 0. The monoisotopic (exact) mass is 369 g/mol. The van der Waals surface area contributed by atoms with Crippen LogP contribution in [0, 0.1) is 0 Å². The molecule has 3 heteroatoms. The third-order valence-electron chi connectivity index (χ3n) is 5.44. The SMILES string of the molecule is CN(CCCN(CCCN(C(C)(C)C)C(C)(C)C)C(C)(C)C)C(C)(C)C. The van der Waals surface area contributed by atoms with Crippen LogP contribution in [0.15, 0.2) is 0 Å². The zero-order valence-corrected chi connectivity index (χ0v) is 20.6. The van der Waals surface area contributed by atoms with Gasteiger partial charge in [0.25, 0.3) is 0 Å². The molecule has 0 bridgehead atoms. The third kappa shape index (κ3) is 9.71. The summed E-state index contributed by atoms with van der Waals surface area (Å²) in [5.74, 6) is 0. The number of rotatable bonds is 8. The largest absolute Gasteiger partial charge is 0.301 e. The van der Waals surface area contributed by atoms with E-state index in [1.807, 2.05) is 0 Å². The Labute approximate surface area is 166 Å². The Morgan fingerprint density at radius 3 is 1.15 bits per heavy atom. The van der Waals surface area contributed by atoms with E-state index in [2.05, 4.69) is 105 Å². The van der Waals surface area contributed by atoms with E-state index in [1.165, 1.54) is 25.9 Å². The second kappa shape index (κ2) is 9.39. The summed E-state index contributed by atoms with van der Waals surface area (Å²) in [6.45, 7) is 32.6. The lowest BCUT2D eigenvalue weighted by atomic mass is 9.95. The van der Waals surface area contributed by atoms with Crippen molar-refractivity contribution in [2.45, 2.75) is 118 Å². The highest BCUT2D eigenvalue weighted by Gasteiger charge is 2.31. The molecule has 0 spiro atoms. The van der Waals surface area contributed by atoms with Crippen LogP contribution in [0.4, 0.5) is 0 Å². The van der Waals surface area contributed by atoms with Gasteiger partial charge in [-0.15, -0.1) is 0 Å². The van der Waals surface area contributed by atoms with E-state index in [4.69, 9.17) is 0 Å². The van der Waals surface area contributed by atoms with Crippen molar-refractivity contribution in [3.05, 3.63) is 0 Å². The summed E-state index contributed by atoms with van der Waals surface area (Å²) in [4.78, 5) is 7.79. The molecule has 0 aromatic heterocycles. The van der Waals surface area contributed by atoms with Gasteiger partial charge < -0.3 is 4.90 Å². The molecule has 0 N–H and O–H groups in total. The van der Waals surface area contributed by atoms with Crippen molar-refractivity contribution < 1.29 is 0 Å². The molecule has 26 heavy (non-hydrogen) atoms. The van der Waals surface area contributed by atoms with Gasteiger partial charge in [0.2, 0.25) is 0 Å². The third-order valence-corrected chi connectivity index (χ3v) is 5.44. The van der Waals surface area contributed by atoms with E-state index >= 15 is 0 Å². The molecule has 0 atom stereocenters. The zero-order chi connectivity index (χ0) is 21.0. The van der Waals surface area contributed by atoms with Gasteiger partial charge in [-0.25, -0.2) is 0 Å². The van der Waals surface area contributed by atoms with Gasteiger partial charge in [-0.2, -0.15) is 0 Å². The summed E-state index contributed by atoms with van der Waals surface area (Å²) in [6, 6.07) is 0. The van der Waals surface area contributed by atoms with E-state index < -0.39 is 0 Å². The molecule has 0 aliphatic rings. The van der Waals surface area contributed by atoms with Crippen LogP contribution in [0.2, 0.25) is 0 Å². The Morgan fingerprint density at radius 1 is 0.462 bits per heavy atom. The zero-order valence-electron chi connectivity index (χ0n) is 20.6. The Kier molecular flexibility index (Phi) is 9.34. The number of nitrogens with zero attached hydrogens (tertiary/aromatic N) is 3. The molecule has 3 nitrogen and oxygen atoms in total. The van der Waals surface area contributed by atoms with Crippen LogP contribution in [0.3, 0.4) is 0 Å². The molecule has 0 radical (unpaired) electrons. The van der Waals surface area contributed by atoms with Gasteiger partial charge in [0, 0.05) is 28.7 Å². The van der Waals surface area contributed by atoms with Gasteiger partial charge in [0.05, 0.1) is 0 Å². The van der Waals surface area contributed by atoms with Gasteiger partial charge in [0.1, 0.15) is 0 Å². The average Bonchev–Trinajstić information content (AvgIpc) is 2.35. The highest BCUT2D eigenvalue weighted by molar-refractivity contribution is 4.87. The summed E-state index contributed by atoms with van der Waals surface area (Å²) in [7, 11) is 2.24. The first-order valence-electron chi connectivity index (χ1n) is 10.6. The lowest BCUT2D eigenvalue weighted by Gasteiger charge is -2.46. The van der Waals surface area contributed by atoms with E-state index in [1.54, 1.807) is 0 Å². The maximum Gasteiger partial charge on any atom is 0.0130 e. The van der Waals surface area contributed by atoms with Crippen molar-refractivity contribution in [1.82, 2.24) is 14.7 Å². The first kappa shape index (κ1) is 25.9. The number of hydrogen-bond acceptors (Lipinski definition) is 3. The van der Waals surface area contributed by atoms with Crippen LogP contribution in [-0.4, -0.2) is 70.1 Å². The molecule has 0 aromatic carbocycles. The quantitative estimate of drug-likeness (QED) is 0.559. The van der Waals surface area contributed by atoms with Crippen molar-refractivity contribution in [3.8, 4) is 0 Å². The Balaban J connectivity index is 4.70. The summed E-state index contributed by atoms with van der Waals surface area (Å²) >= 11 is 0. The van der Waals surface area contributed by atoms with Crippen LogP contribution in [-0.2, 0) is 0 Å². The molecule has 0 unspecified atom stereocenters. The lowest BCUT2D eigenvalue weighted by molar-refractivity contribution is 0.0296. The molecule has 0 aliphatic carbocycles. The summed E-state index contributed by atoms with van der Waals surface area (Å²) in [5, 5.41) is 0. The fourth-order valence-electron chi connectivity index (χ4n) is 3.71. The maximum absolute atomic E-state index is 2.67. The Morgan fingerprint density at radius 2 is 0.846 bits per heavy atom. The highest BCUT2D eigenvalue weighted by Crippen LogP contribution is 2.25. The van der Waals surface area contributed by atoms with Gasteiger partial charge in [-0.05, 0) is 123 Å². The first-order chi connectivity index (χ1) is 11.4. The molecule has 0 fully saturated rings. The topological polar surface area (TPSA) is 9.72 Å². The molecule has 0 saturated heterocycles. The van der Waals surface area contributed by atoms with Gasteiger partial charge in [-0.1, -0.05) is 0 Å². The molecular formula is C23H51N3. The molecule has 0 aliphatic heterocycles. The summed E-state index contributed by atoms with van der Waals surface area (Å²) in [5.41, 5.74) is 0.904. The second-order valence-corrected chi connectivity index (χ2v) is 12.0. The van der Waals surface area contributed by atoms with Crippen molar-refractivity contribution in [3.63, 3.8) is 0 Å². The minimum absolute atomic E-state index is 0.209. The lowest BCUT2D eigenvalue weighted by Crippen LogP contribution is -2.53. The van der Waals surface area contributed by atoms with Crippen LogP contribution < -0.4 is 0 Å². The predicted octanol–water partition coefficient (Wildman–Crippen LogP) is 5.50. The summed E-state index contributed by atoms with van der Waals surface area (Å²) < 4.78 is 0. The van der Waals surface area contributed by atoms with Gasteiger partial charge in [0.15, 0.2) is 0 Å². The molecule has 0 amide bonds. The molecule has 0 heterocycles. The molecule has 158 valence electrons. The smallest absolute Gasteiger partial charge is 0.0130 e. The summed E-state index contributed by atoms with van der Waals surface area (Å²) in [6.07, 6.45) is 2.45. The highest BCUT2D eigenvalue weighted by atomic mass is 15.2. The minimum atomic E-state index is 0.209. The van der Waals surface area contributed by atoms with Crippen molar-refractivity contribution in [2.24, 2.45) is 0 Å². The molecular weight excluding hydrogens is 318 g/mol. The van der Waals surface area contributed by atoms with Crippen LogP contribution in [0.25, 0.3) is 0 Å². The van der Waals surface area contributed by atoms with E-state index in [0.717, 1.165) is 13.1 Å². The van der Waals surface area contributed by atoms with E-state index in [-0.39, 0.29) is 22.2 Å². The molecule has 0 saturated carbocycles. The minimum Gasteiger partial charge on any atom is -0.301 e. The average molecular weight is 370 g/mol. The Hall–Kier alpha value is -0.120. The fourth-order valence-corrected chi connectivity index (χ4v) is 3.71. The second-order valence-electron chi connectivity index (χ2n) is 12.0. The van der Waals surface area contributed by atoms with Crippen LogP contribution >= 0.6 is 0 Å². The van der Waals surface area contributed by atoms with Crippen molar-refractivity contribution >= 4 is 0 Å². The standard InChI is InChI=1S/C23H51N3/c1-20(2,3)24(13)16-14-17-25(21(4,5)6)18-15-19-26(22(7,8)9)23(10,11)12/h14-19H2,1-13H3. The van der Waals surface area contributed by atoms with Crippen LogP contribution in [0.5, 0.6) is 0 Å². The van der Waals surface area contributed by atoms with E-state index in [9.17, 15) is 0 Å². The maximum atomic E-state index is 2.67. The Bertz CT molecular complexity index is 374.